The van der Waals surface area contributed by atoms with Crippen molar-refractivity contribution in [2.45, 2.75) is 32.4 Å². The SMILES string of the molecule is Cc1ccc2c(ccn2C2CC2N(C)C)c1C. The summed E-state index contributed by atoms with van der Waals surface area (Å²) in [6, 6.07) is 8.16. The van der Waals surface area contributed by atoms with Gasteiger partial charge in [0.2, 0.25) is 0 Å². The van der Waals surface area contributed by atoms with Crippen molar-refractivity contribution in [3.8, 4) is 0 Å². The van der Waals surface area contributed by atoms with Gasteiger partial charge in [-0.3, -0.25) is 0 Å². The van der Waals surface area contributed by atoms with Crippen LogP contribution in [0.15, 0.2) is 24.4 Å². The second-order valence-electron chi connectivity index (χ2n) is 5.50. The Labute approximate surface area is 103 Å². The average molecular weight is 228 g/mol. The van der Waals surface area contributed by atoms with E-state index in [-0.39, 0.29) is 0 Å². The van der Waals surface area contributed by atoms with Gasteiger partial charge in [-0.2, -0.15) is 0 Å². The van der Waals surface area contributed by atoms with Crippen LogP contribution in [0.3, 0.4) is 0 Å². The summed E-state index contributed by atoms with van der Waals surface area (Å²) in [5, 5.41) is 1.41. The van der Waals surface area contributed by atoms with Crippen LogP contribution in [-0.4, -0.2) is 29.6 Å². The van der Waals surface area contributed by atoms with Crippen molar-refractivity contribution in [3.63, 3.8) is 0 Å². The molecule has 2 heteroatoms. The van der Waals surface area contributed by atoms with Crippen LogP contribution in [0.4, 0.5) is 0 Å². The van der Waals surface area contributed by atoms with Crippen LogP contribution < -0.4 is 0 Å². The molecule has 1 heterocycles. The molecule has 1 aliphatic rings. The third-order valence-electron chi connectivity index (χ3n) is 4.19. The van der Waals surface area contributed by atoms with E-state index < -0.39 is 0 Å². The Morgan fingerprint density at radius 3 is 2.59 bits per heavy atom. The van der Waals surface area contributed by atoms with Gasteiger partial charge in [0.05, 0.1) is 6.04 Å². The number of benzene rings is 1. The second-order valence-corrected chi connectivity index (χ2v) is 5.50. The Kier molecular flexibility index (Phi) is 2.30. The number of aryl methyl sites for hydroxylation is 2. The predicted octanol–water partition coefficient (Wildman–Crippen LogP) is 3.13. The summed E-state index contributed by atoms with van der Waals surface area (Å²) in [6.45, 7) is 4.41. The van der Waals surface area contributed by atoms with Crippen molar-refractivity contribution < 1.29 is 0 Å². The van der Waals surface area contributed by atoms with Crippen molar-refractivity contribution in [2.75, 3.05) is 14.1 Å². The number of hydrogen-bond donors (Lipinski definition) is 0. The fraction of sp³-hybridized carbons (Fsp3) is 0.467. The van der Waals surface area contributed by atoms with Crippen LogP contribution in [0.2, 0.25) is 0 Å². The molecule has 1 aromatic carbocycles. The Hall–Kier alpha value is -1.28. The molecule has 0 spiro atoms. The van der Waals surface area contributed by atoms with Crippen LogP contribution in [0.5, 0.6) is 0 Å². The van der Waals surface area contributed by atoms with Crippen molar-refractivity contribution in [3.05, 3.63) is 35.5 Å². The van der Waals surface area contributed by atoms with Gasteiger partial charge in [0, 0.05) is 23.1 Å². The molecule has 90 valence electrons. The molecule has 2 aromatic rings. The third-order valence-corrected chi connectivity index (χ3v) is 4.19. The van der Waals surface area contributed by atoms with E-state index in [4.69, 9.17) is 0 Å². The second kappa shape index (κ2) is 3.61. The summed E-state index contributed by atoms with van der Waals surface area (Å²) >= 11 is 0. The summed E-state index contributed by atoms with van der Waals surface area (Å²) in [4.78, 5) is 2.33. The normalized spacial score (nSPS) is 23.6. The maximum Gasteiger partial charge on any atom is 0.0508 e. The smallest absolute Gasteiger partial charge is 0.0508 e. The molecule has 0 amide bonds. The van der Waals surface area contributed by atoms with E-state index in [9.17, 15) is 0 Å². The first-order valence-electron chi connectivity index (χ1n) is 6.33. The Balaban J connectivity index is 2.06. The van der Waals surface area contributed by atoms with Crippen LogP contribution in [0.1, 0.15) is 23.6 Å². The van der Waals surface area contributed by atoms with Gasteiger partial charge in [-0.15, -0.1) is 0 Å². The zero-order valence-corrected chi connectivity index (χ0v) is 11.1. The van der Waals surface area contributed by atoms with E-state index >= 15 is 0 Å². The molecule has 0 N–H and O–H groups in total. The fourth-order valence-corrected chi connectivity index (χ4v) is 2.81. The summed E-state index contributed by atoms with van der Waals surface area (Å²) < 4.78 is 2.45. The summed E-state index contributed by atoms with van der Waals surface area (Å²) in [5.74, 6) is 0. The molecule has 1 fully saturated rings. The molecular formula is C15H20N2. The highest BCUT2D eigenvalue weighted by atomic mass is 15.2. The van der Waals surface area contributed by atoms with Crippen LogP contribution in [0, 0.1) is 13.8 Å². The molecule has 0 radical (unpaired) electrons. The Morgan fingerprint density at radius 1 is 1.18 bits per heavy atom. The Bertz CT molecular complexity index is 566. The topological polar surface area (TPSA) is 8.17 Å². The summed E-state index contributed by atoms with van der Waals surface area (Å²) in [7, 11) is 4.34. The molecular weight excluding hydrogens is 208 g/mol. The fourth-order valence-electron chi connectivity index (χ4n) is 2.81. The molecule has 2 nitrogen and oxygen atoms in total. The van der Waals surface area contributed by atoms with E-state index in [0.29, 0.717) is 12.1 Å². The van der Waals surface area contributed by atoms with Crippen LogP contribution >= 0.6 is 0 Å². The highest BCUT2D eigenvalue weighted by Gasteiger charge is 2.40. The molecule has 1 saturated carbocycles. The maximum atomic E-state index is 2.45. The molecule has 0 saturated heterocycles. The van der Waals surface area contributed by atoms with Crippen LogP contribution in [0.25, 0.3) is 10.9 Å². The molecule has 0 aliphatic heterocycles. The van der Waals surface area contributed by atoms with Crippen molar-refractivity contribution in [1.82, 2.24) is 9.47 Å². The number of aromatic nitrogens is 1. The van der Waals surface area contributed by atoms with Crippen molar-refractivity contribution >= 4 is 10.9 Å². The van der Waals surface area contributed by atoms with Gasteiger partial charge in [0.15, 0.2) is 0 Å². The standard InChI is InChI=1S/C15H20N2/c1-10-5-6-13-12(11(10)2)7-8-17(13)15-9-14(15)16(3)4/h5-8,14-15H,9H2,1-4H3. The van der Waals surface area contributed by atoms with Crippen molar-refractivity contribution in [1.29, 1.82) is 0 Å². The highest BCUT2D eigenvalue weighted by Crippen LogP contribution is 2.41. The quantitative estimate of drug-likeness (QED) is 0.766. The van der Waals surface area contributed by atoms with Gasteiger partial charge in [0.1, 0.15) is 0 Å². The van der Waals surface area contributed by atoms with Gasteiger partial charge >= 0.3 is 0 Å². The zero-order chi connectivity index (χ0) is 12.2. The van der Waals surface area contributed by atoms with Gasteiger partial charge in [-0.05, 0) is 57.6 Å². The largest absolute Gasteiger partial charge is 0.343 e. The van der Waals surface area contributed by atoms with Crippen LogP contribution in [-0.2, 0) is 0 Å². The van der Waals surface area contributed by atoms with E-state index in [1.54, 1.807) is 0 Å². The molecule has 3 rings (SSSR count). The lowest BCUT2D eigenvalue weighted by molar-refractivity contribution is 0.377. The average Bonchev–Trinajstić information content (AvgIpc) is 2.97. The lowest BCUT2D eigenvalue weighted by Crippen LogP contribution is -2.17. The van der Waals surface area contributed by atoms with Gasteiger partial charge in [-0.1, -0.05) is 6.07 Å². The minimum Gasteiger partial charge on any atom is -0.343 e. The highest BCUT2D eigenvalue weighted by molar-refractivity contribution is 5.84. The first-order chi connectivity index (χ1) is 8.09. The monoisotopic (exact) mass is 228 g/mol. The number of likely N-dealkylation sites (N-methyl/N-ethyl adjacent to an activating group) is 1. The van der Waals surface area contributed by atoms with Gasteiger partial charge < -0.3 is 9.47 Å². The summed E-state index contributed by atoms with van der Waals surface area (Å²) in [5.41, 5.74) is 4.20. The van der Waals surface area contributed by atoms with Gasteiger partial charge in [-0.25, -0.2) is 0 Å². The molecule has 2 atom stereocenters. The first-order valence-corrected chi connectivity index (χ1v) is 6.33. The van der Waals surface area contributed by atoms with Crippen molar-refractivity contribution in [2.24, 2.45) is 0 Å². The van der Waals surface area contributed by atoms with E-state index in [1.165, 1.54) is 28.5 Å². The van der Waals surface area contributed by atoms with E-state index in [2.05, 4.69) is 61.8 Å². The number of fused-ring (bicyclic) bond motifs is 1. The van der Waals surface area contributed by atoms with E-state index in [0.717, 1.165) is 0 Å². The zero-order valence-electron chi connectivity index (χ0n) is 11.1. The predicted molar refractivity (Wildman–Crippen MR) is 72.5 cm³/mol. The number of rotatable bonds is 2. The number of hydrogen-bond acceptors (Lipinski definition) is 1. The van der Waals surface area contributed by atoms with Gasteiger partial charge in [0.25, 0.3) is 0 Å². The maximum absolute atomic E-state index is 2.45. The Morgan fingerprint density at radius 2 is 1.94 bits per heavy atom. The molecule has 1 aliphatic carbocycles. The lowest BCUT2D eigenvalue weighted by atomic mass is 10.1. The molecule has 1 aromatic heterocycles. The molecule has 2 unspecified atom stereocenters. The minimum atomic E-state index is 0.671. The molecule has 17 heavy (non-hydrogen) atoms. The van der Waals surface area contributed by atoms with E-state index in [1.807, 2.05) is 0 Å². The third kappa shape index (κ3) is 1.59. The summed E-state index contributed by atoms with van der Waals surface area (Å²) in [6.07, 6.45) is 3.54. The molecule has 0 bridgehead atoms. The minimum absolute atomic E-state index is 0.671. The number of nitrogens with zero attached hydrogens (tertiary/aromatic N) is 2. The lowest BCUT2D eigenvalue weighted by Gasteiger charge is -2.11. The first kappa shape index (κ1) is 10.8.